The van der Waals surface area contributed by atoms with Crippen molar-refractivity contribution in [1.29, 1.82) is 0 Å². The molecule has 0 bridgehead atoms. The van der Waals surface area contributed by atoms with E-state index in [1.165, 1.54) is 0 Å². The first kappa shape index (κ1) is 31.0. The maximum Gasteiger partial charge on any atom is 0.422 e. The lowest BCUT2D eigenvalue weighted by Crippen LogP contribution is -2.55. The Kier molecular flexibility index (Phi) is 9.17. The molecule has 0 radical (unpaired) electrons. The summed E-state index contributed by atoms with van der Waals surface area (Å²) in [6, 6.07) is 30.0. The maximum atomic E-state index is 12.8. The van der Waals surface area contributed by atoms with Gasteiger partial charge in [-0.15, -0.1) is 0 Å². The number of carbonyl (C=O) groups excluding carboxylic acids is 1. The molecule has 1 aliphatic heterocycles. The fraction of sp³-hybridized carbons (Fsp3) is 0.303. The highest BCUT2D eigenvalue weighted by Crippen LogP contribution is 2.45. The molecule has 44 heavy (non-hydrogen) atoms. The van der Waals surface area contributed by atoms with Crippen molar-refractivity contribution in [2.45, 2.75) is 24.7 Å². The number of likely N-dealkylation sites (tertiary alicyclic amines) is 1. The fourth-order valence-corrected chi connectivity index (χ4v) is 6.24. The van der Waals surface area contributed by atoms with E-state index in [2.05, 4.69) is 46.0 Å². The van der Waals surface area contributed by atoms with Crippen LogP contribution in [0.3, 0.4) is 0 Å². The van der Waals surface area contributed by atoms with E-state index in [-0.39, 0.29) is 25.0 Å². The van der Waals surface area contributed by atoms with Gasteiger partial charge in [0.2, 0.25) is 0 Å². The molecular formula is C33H32F3N3O5. The van der Waals surface area contributed by atoms with Crippen molar-refractivity contribution in [3.8, 4) is 0 Å². The number of nitrogens with zero attached hydrogens (tertiary/aromatic N) is 2. The first-order valence-corrected chi connectivity index (χ1v) is 14.2. The van der Waals surface area contributed by atoms with Gasteiger partial charge >= 0.3 is 17.8 Å². The molecule has 1 aliphatic rings. The maximum absolute atomic E-state index is 12.8. The summed E-state index contributed by atoms with van der Waals surface area (Å²) in [6.07, 6.45) is -3.29. The Labute approximate surface area is 251 Å². The number of rotatable bonds is 9. The minimum absolute atomic E-state index is 0.0383. The van der Waals surface area contributed by atoms with Crippen LogP contribution in [0.15, 0.2) is 107 Å². The number of esters is 1. The van der Waals surface area contributed by atoms with Gasteiger partial charge in [-0.05, 0) is 34.9 Å². The molecular weight excluding hydrogens is 575 g/mol. The Morgan fingerprint density at radius 2 is 1.34 bits per heavy atom. The van der Waals surface area contributed by atoms with Crippen LogP contribution >= 0.6 is 0 Å². The van der Waals surface area contributed by atoms with E-state index in [4.69, 9.17) is 0 Å². The summed E-state index contributed by atoms with van der Waals surface area (Å²) in [6.45, 7) is -0.954. The average Bonchev–Trinajstić information content (AvgIpc) is 3.03. The second kappa shape index (κ2) is 13.0. The molecule has 3 aromatic carbocycles. The first-order chi connectivity index (χ1) is 21.1. The van der Waals surface area contributed by atoms with Crippen LogP contribution in [0.2, 0.25) is 0 Å². The lowest BCUT2D eigenvalue weighted by Gasteiger charge is -2.50. The number of ether oxygens (including phenoxy) is 1. The summed E-state index contributed by atoms with van der Waals surface area (Å²) in [5, 5.41) is 10.4. The highest BCUT2D eigenvalue weighted by atomic mass is 19.4. The molecule has 4 aromatic rings. The zero-order valence-corrected chi connectivity index (χ0v) is 23.7. The standard InChI is InChI=1S/C33H32F3N3O5/c34-32(35,36)22-44-30(42)28-20-38(31(43)37-29(28)41)17-23-16-24(21-40)19-39(18-23)33(25-10-4-1-5-11-25,26-12-6-2-7-13-26)27-14-8-3-9-15-27/h1-15,20,23-24,40H,16-19,21-22H2,(H,37,41,43)/t23-,24-/m0/s1. The Bertz CT molecular complexity index is 1580. The molecule has 1 fully saturated rings. The largest absolute Gasteiger partial charge is 0.452 e. The van der Waals surface area contributed by atoms with Gasteiger partial charge in [-0.1, -0.05) is 91.0 Å². The molecule has 0 aliphatic carbocycles. The number of nitrogens with one attached hydrogen (secondary N) is 1. The SMILES string of the molecule is O=C(OCC(F)(F)F)c1cn(C[C@@H]2C[C@H](CO)CN(C(c3ccccc3)(c3ccccc3)c3ccccc3)C2)c(=O)[nH]c1=O. The van der Waals surface area contributed by atoms with Gasteiger partial charge < -0.3 is 9.84 Å². The van der Waals surface area contributed by atoms with Gasteiger partial charge in [0.05, 0.1) is 5.54 Å². The van der Waals surface area contributed by atoms with E-state index >= 15 is 0 Å². The number of halogens is 3. The van der Waals surface area contributed by atoms with Crippen molar-refractivity contribution < 1.29 is 27.8 Å². The summed E-state index contributed by atoms with van der Waals surface area (Å²) < 4.78 is 43.2. The number of hydrogen-bond donors (Lipinski definition) is 2. The summed E-state index contributed by atoms with van der Waals surface area (Å²) >= 11 is 0. The fourth-order valence-electron chi connectivity index (χ4n) is 6.24. The highest BCUT2D eigenvalue weighted by molar-refractivity contribution is 5.88. The third kappa shape index (κ3) is 6.53. The Hall–Kier alpha value is -4.48. The molecule has 0 amide bonds. The molecule has 2 atom stereocenters. The van der Waals surface area contributed by atoms with Crippen LogP contribution in [0.4, 0.5) is 13.2 Å². The van der Waals surface area contributed by atoms with E-state index in [0.717, 1.165) is 27.5 Å². The third-order valence-electron chi connectivity index (χ3n) is 7.98. The number of piperidine rings is 1. The molecule has 5 rings (SSSR count). The number of benzene rings is 3. The number of carbonyl (C=O) groups is 1. The third-order valence-corrected chi connectivity index (χ3v) is 7.98. The van der Waals surface area contributed by atoms with Crippen LogP contribution in [0.25, 0.3) is 0 Å². The topological polar surface area (TPSA) is 105 Å². The summed E-state index contributed by atoms with van der Waals surface area (Å²) in [5.74, 6) is -1.91. The first-order valence-electron chi connectivity index (χ1n) is 14.2. The van der Waals surface area contributed by atoms with Crippen molar-refractivity contribution in [2.24, 2.45) is 11.8 Å². The van der Waals surface area contributed by atoms with Crippen LogP contribution in [0, 0.1) is 11.8 Å². The zero-order valence-electron chi connectivity index (χ0n) is 23.7. The number of aliphatic hydroxyl groups is 1. The van der Waals surface area contributed by atoms with E-state index in [1.807, 2.05) is 59.6 Å². The predicted molar refractivity (Wildman–Crippen MR) is 157 cm³/mol. The molecule has 11 heteroatoms. The van der Waals surface area contributed by atoms with Crippen molar-refractivity contribution in [3.05, 3.63) is 140 Å². The second-order valence-corrected chi connectivity index (χ2v) is 11.0. The Morgan fingerprint density at radius 1 is 0.841 bits per heavy atom. The van der Waals surface area contributed by atoms with E-state index in [9.17, 15) is 32.7 Å². The van der Waals surface area contributed by atoms with Gasteiger partial charge in [-0.3, -0.25) is 19.2 Å². The lowest BCUT2D eigenvalue weighted by atomic mass is 9.73. The monoisotopic (exact) mass is 607 g/mol. The number of aromatic nitrogens is 2. The number of aliphatic hydroxyl groups excluding tert-OH is 1. The summed E-state index contributed by atoms with van der Waals surface area (Å²) in [7, 11) is 0. The second-order valence-electron chi connectivity index (χ2n) is 11.0. The smallest absolute Gasteiger partial charge is 0.422 e. The summed E-state index contributed by atoms with van der Waals surface area (Å²) in [4.78, 5) is 41.8. The quantitative estimate of drug-likeness (QED) is 0.219. The summed E-state index contributed by atoms with van der Waals surface area (Å²) in [5.41, 5.74) is -0.402. The van der Waals surface area contributed by atoms with Crippen LogP contribution in [0.5, 0.6) is 0 Å². The lowest BCUT2D eigenvalue weighted by molar-refractivity contribution is -0.161. The minimum Gasteiger partial charge on any atom is -0.452 e. The van der Waals surface area contributed by atoms with Gasteiger partial charge in [-0.25, -0.2) is 9.59 Å². The average molecular weight is 608 g/mol. The Balaban J connectivity index is 1.56. The zero-order chi connectivity index (χ0) is 31.3. The molecule has 0 unspecified atom stereocenters. The van der Waals surface area contributed by atoms with Gasteiger partial charge in [0.1, 0.15) is 5.56 Å². The number of hydrogen-bond acceptors (Lipinski definition) is 6. The molecule has 1 aromatic heterocycles. The Morgan fingerprint density at radius 3 is 1.82 bits per heavy atom. The van der Waals surface area contributed by atoms with Gasteiger partial charge in [0.25, 0.3) is 5.56 Å². The van der Waals surface area contributed by atoms with Crippen molar-refractivity contribution >= 4 is 5.97 Å². The molecule has 1 saturated heterocycles. The van der Waals surface area contributed by atoms with Gasteiger partial charge in [-0.2, -0.15) is 13.2 Å². The molecule has 230 valence electrons. The van der Waals surface area contributed by atoms with Crippen LogP contribution in [-0.4, -0.2) is 58.0 Å². The van der Waals surface area contributed by atoms with Crippen LogP contribution in [0.1, 0.15) is 33.5 Å². The highest BCUT2D eigenvalue weighted by Gasteiger charge is 2.45. The van der Waals surface area contributed by atoms with Crippen molar-refractivity contribution in [3.63, 3.8) is 0 Å². The van der Waals surface area contributed by atoms with E-state index < -0.39 is 41.1 Å². The van der Waals surface area contributed by atoms with Gasteiger partial charge in [0, 0.05) is 32.4 Å². The molecule has 2 heterocycles. The number of alkyl halides is 3. The molecule has 2 N–H and O–H groups in total. The van der Waals surface area contributed by atoms with Crippen molar-refractivity contribution in [1.82, 2.24) is 14.5 Å². The minimum atomic E-state index is -4.77. The molecule has 0 saturated carbocycles. The van der Waals surface area contributed by atoms with E-state index in [0.29, 0.717) is 19.5 Å². The van der Waals surface area contributed by atoms with Crippen molar-refractivity contribution in [2.75, 3.05) is 26.3 Å². The normalized spacial score (nSPS) is 17.7. The van der Waals surface area contributed by atoms with E-state index in [1.54, 1.807) is 0 Å². The number of aromatic amines is 1. The molecule has 0 spiro atoms. The molecule has 8 nitrogen and oxygen atoms in total. The van der Waals surface area contributed by atoms with Crippen LogP contribution < -0.4 is 11.2 Å². The number of H-pyrrole nitrogens is 1. The predicted octanol–water partition coefficient (Wildman–Crippen LogP) is 4.18. The van der Waals surface area contributed by atoms with Crippen LogP contribution in [-0.2, 0) is 16.8 Å². The van der Waals surface area contributed by atoms with Gasteiger partial charge in [0.15, 0.2) is 6.61 Å².